The minimum Gasteiger partial charge on any atom is -0.496 e. The van der Waals surface area contributed by atoms with Gasteiger partial charge in [0.25, 0.3) is 0 Å². The first-order valence-corrected chi connectivity index (χ1v) is 6.42. The molecular weight excluding hydrogens is 318 g/mol. The molecular formula is C13H11BrClNO2. The summed E-state index contributed by atoms with van der Waals surface area (Å²) in [6.45, 7) is 0.377. The molecule has 0 aliphatic rings. The van der Waals surface area contributed by atoms with Crippen LogP contribution in [0.15, 0.2) is 41.1 Å². The first kappa shape index (κ1) is 13.2. The quantitative estimate of drug-likeness (QED) is 0.847. The fourth-order valence-corrected chi connectivity index (χ4v) is 2.03. The number of halogens is 2. The number of rotatable bonds is 4. The average Bonchev–Trinajstić information content (AvgIpc) is 2.37. The van der Waals surface area contributed by atoms with Crippen LogP contribution in [-0.2, 0) is 6.61 Å². The van der Waals surface area contributed by atoms with Crippen molar-refractivity contribution in [2.45, 2.75) is 6.61 Å². The molecule has 2 rings (SSSR count). The predicted octanol–water partition coefficient (Wildman–Crippen LogP) is 4.09. The summed E-state index contributed by atoms with van der Waals surface area (Å²) >= 11 is 9.29. The van der Waals surface area contributed by atoms with Gasteiger partial charge in [-0.2, -0.15) is 0 Å². The number of benzene rings is 1. The number of ether oxygens (including phenoxy) is 2. The van der Waals surface area contributed by atoms with Crippen LogP contribution in [0, 0.1) is 0 Å². The van der Waals surface area contributed by atoms with Gasteiger partial charge in [0.05, 0.1) is 13.3 Å². The van der Waals surface area contributed by atoms with Gasteiger partial charge in [-0.3, -0.25) is 4.98 Å². The fraction of sp³-hybridized carbons (Fsp3) is 0.154. The molecule has 0 N–H and O–H groups in total. The van der Waals surface area contributed by atoms with Gasteiger partial charge < -0.3 is 9.47 Å². The van der Waals surface area contributed by atoms with Gasteiger partial charge in [-0.1, -0.05) is 11.6 Å². The second kappa shape index (κ2) is 6.07. The zero-order valence-electron chi connectivity index (χ0n) is 9.69. The molecule has 1 aromatic carbocycles. The number of aromatic nitrogens is 1. The van der Waals surface area contributed by atoms with Crippen molar-refractivity contribution in [3.05, 3.63) is 51.7 Å². The summed E-state index contributed by atoms with van der Waals surface area (Å²) in [5.41, 5.74) is 0.893. The Morgan fingerprint density at radius 3 is 2.83 bits per heavy atom. The zero-order chi connectivity index (χ0) is 13.0. The largest absolute Gasteiger partial charge is 0.496 e. The number of hydrogen-bond acceptors (Lipinski definition) is 3. The second-order valence-corrected chi connectivity index (χ2v) is 4.94. The molecule has 0 bridgehead atoms. The van der Waals surface area contributed by atoms with E-state index >= 15 is 0 Å². The highest BCUT2D eigenvalue weighted by Gasteiger charge is 2.05. The summed E-state index contributed by atoms with van der Waals surface area (Å²) < 4.78 is 11.8. The van der Waals surface area contributed by atoms with E-state index in [1.54, 1.807) is 25.6 Å². The summed E-state index contributed by atoms with van der Waals surface area (Å²) in [5, 5.41) is 0.654. The Morgan fingerprint density at radius 1 is 1.28 bits per heavy atom. The van der Waals surface area contributed by atoms with Crippen molar-refractivity contribution in [3.63, 3.8) is 0 Å². The predicted molar refractivity (Wildman–Crippen MR) is 74.3 cm³/mol. The van der Waals surface area contributed by atoms with E-state index in [0.29, 0.717) is 17.4 Å². The van der Waals surface area contributed by atoms with Crippen LogP contribution in [0.3, 0.4) is 0 Å². The van der Waals surface area contributed by atoms with Gasteiger partial charge in [0.15, 0.2) is 0 Å². The number of methoxy groups -OCH3 is 1. The van der Waals surface area contributed by atoms with E-state index < -0.39 is 0 Å². The van der Waals surface area contributed by atoms with Gasteiger partial charge in [-0.15, -0.1) is 0 Å². The lowest BCUT2D eigenvalue weighted by atomic mass is 10.2. The van der Waals surface area contributed by atoms with E-state index in [2.05, 4.69) is 20.9 Å². The number of hydrogen-bond donors (Lipinski definition) is 0. The lowest BCUT2D eigenvalue weighted by Crippen LogP contribution is -1.99. The summed E-state index contributed by atoms with van der Waals surface area (Å²) in [7, 11) is 1.62. The van der Waals surface area contributed by atoms with E-state index in [0.717, 1.165) is 15.8 Å². The van der Waals surface area contributed by atoms with Crippen molar-refractivity contribution in [2.75, 3.05) is 7.11 Å². The van der Waals surface area contributed by atoms with Crippen LogP contribution in [0.1, 0.15) is 5.56 Å². The van der Waals surface area contributed by atoms with Gasteiger partial charge >= 0.3 is 0 Å². The number of pyridine rings is 1. The summed E-state index contributed by atoms with van der Waals surface area (Å²) in [6.07, 6.45) is 3.36. The SMILES string of the molecule is COc1ccc(Cl)cc1COc1cncc(Br)c1. The van der Waals surface area contributed by atoms with Crippen molar-refractivity contribution < 1.29 is 9.47 Å². The van der Waals surface area contributed by atoms with E-state index in [1.165, 1.54) is 0 Å². The maximum Gasteiger partial charge on any atom is 0.139 e. The molecule has 2 aromatic rings. The normalized spacial score (nSPS) is 10.2. The lowest BCUT2D eigenvalue weighted by molar-refractivity contribution is 0.295. The molecule has 18 heavy (non-hydrogen) atoms. The molecule has 0 atom stereocenters. The summed E-state index contributed by atoms with van der Waals surface area (Å²) in [5.74, 6) is 1.44. The van der Waals surface area contributed by atoms with Gasteiger partial charge in [0.1, 0.15) is 18.1 Å². The van der Waals surface area contributed by atoms with Crippen LogP contribution in [-0.4, -0.2) is 12.1 Å². The standard InChI is InChI=1S/C13H11BrClNO2/c1-17-13-3-2-11(15)4-9(13)8-18-12-5-10(14)6-16-7-12/h2-7H,8H2,1H3. The van der Waals surface area contributed by atoms with Crippen LogP contribution in [0.5, 0.6) is 11.5 Å². The van der Waals surface area contributed by atoms with E-state index in [-0.39, 0.29) is 0 Å². The molecule has 0 saturated carbocycles. The van der Waals surface area contributed by atoms with Crippen molar-refractivity contribution in [1.29, 1.82) is 0 Å². The maximum absolute atomic E-state index is 5.95. The Labute approximate surface area is 119 Å². The van der Waals surface area contributed by atoms with Gasteiger partial charge in [-0.05, 0) is 40.2 Å². The third-order valence-corrected chi connectivity index (χ3v) is 2.99. The summed E-state index contributed by atoms with van der Waals surface area (Å²) in [6, 6.07) is 7.28. The van der Waals surface area contributed by atoms with Crippen LogP contribution < -0.4 is 9.47 Å². The van der Waals surface area contributed by atoms with Gasteiger partial charge in [-0.25, -0.2) is 0 Å². The van der Waals surface area contributed by atoms with E-state index in [9.17, 15) is 0 Å². The number of nitrogens with zero attached hydrogens (tertiary/aromatic N) is 1. The topological polar surface area (TPSA) is 31.4 Å². The third-order valence-electron chi connectivity index (χ3n) is 2.32. The van der Waals surface area contributed by atoms with Crippen LogP contribution in [0.4, 0.5) is 0 Å². The minimum atomic E-state index is 0.377. The lowest BCUT2D eigenvalue weighted by Gasteiger charge is -2.10. The molecule has 0 amide bonds. The molecule has 0 fully saturated rings. The van der Waals surface area contributed by atoms with Crippen molar-refractivity contribution >= 4 is 27.5 Å². The molecule has 1 aromatic heterocycles. The molecule has 1 heterocycles. The van der Waals surface area contributed by atoms with Crippen LogP contribution in [0.2, 0.25) is 5.02 Å². The molecule has 0 aliphatic heterocycles. The van der Waals surface area contributed by atoms with E-state index in [4.69, 9.17) is 21.1 Å². The molecule has 0 spiro atoms. The van der Waals surface area contributed by atoms with Crippen LogP contribution in [0.25, 0.3) is 0 Å². The van der Waals surface area contributed by atoms with E-state index in [1.807, 2.05) is 18.2 Å². The van der Waals surface area contributed by atoms with Crippen molar-refractivity contribution in [1.82, 2.24) is 4.98 Å². The van der Waals surface area contributed by atoms with Crippen LogP contribution >= 0.6 is 27.5 Å². The third kappa shape index (κ3) is 3.37. The molecule has 0 aliphatic carbocycles. The maximum atomic E-state index is 5.95. The smallest absolute Gasteiger partial charge is 0.139 e. The molecule has 94 valence electrons. The average molecular weight is 329 g/mol. The second-order valence-electron chi connectivity index (χ2n) is 3.58. The molecule has 0 saturated heterocycles. The van der Waals surface area contributed by atoms with Crippen molar-refractivity contribution in [2.24, 2.45) is 0 Å². The molecule has 0 unspecified atom stereocenters. The highest BCUT2D eigenvalue weighted by Crippen LogP contribution is 2.24. The summed E-state index contributed by atoms with van der Waals surface area (Å²) in [4.78, 5) is 4.03. The Kier molecular flexibility index (Phi) is 4.44. The first-order valence-electron chi connectivity index (χ1n) is 5.25. The Balaban J connectivity index is 2.12. The Bertz CT molecular complexity index is 548. The zero-order valence-corrected chi connectivity index (χ0v) is 12.0. The molecule has 3 nitrogen and oxygen atoms in total. The highest BCUT2D eigenvalue weighted by molar-refractivity contribution is 9.10. The minimum absolute atomic E-state index is 0.377. The Hall–Kier alpha value is -1.26. The van der Waals surface area contributed by atoms with Gasteiger partial charge in [0.2, 0.25) is 0 Å². The fourth-order valence-electron chi connectivity index (χ4n) is 1.49. The van der Waals surface area contributed by atoms with Gasteiger partial charge in [0, 0.05) is 21.3 Å². The highest BCUT2D eigenvalue weighted by atomic mass is 79.9. The monoisotopic (exact) mass is 327 g/mol. The molecule has 5 heteroatoms. The van der Waals surface area contributed by atoms with Crippen molar-refractivity contribution in [3.8, 4) is 11.5 Å². The molecule has 0 radical (unpaired) electrons. The first-order chi connectivity index (χ1) is 8.69. The Morgan fingerprint density at radius 2 is 2.11 bits per heavy atom.